The van der Waals surface area contributed by atoms with Gasteiger partial charge in [0.05, 0.1) is 29.1 Å². The van der Waals surface area contributed by atoms with Crippen LogP contribution in [0.2, 0.25) is 0 Å². The first-order valence-electron chi connectivity index (χ1n) is 5.98. The summed E-state index contributed by atoms with van der Waals surface area (Å²) < 4.78 is 8.59. The Kier molecular flexibility index (Phi) is 5.16. The van der Waals surface area contributed by atoms with E-state index in [1.807, 2.05) is 18.7 Å². The van der Waals surface area contributed by atoms with Crippen molar-refractivity contribution in [1.29, 1.82) is 0 Å². The molecular weight excluding hydrogens is 282 g/mol. The van der Waals surface area contributed by atoms with Crippen LogP contribution in [0.1, 0.15) is 38.1 Å². The predicted octanol–water partition coefficient (Wildman–Crippen LogP) is 2.53. The lowest BCUT2D eigenvalue weighted by atomic mass is 9.96. The molecule has 0 atom stereocenters. The fourth-order valence-electron chi connectivity index (χ4n) is 1.64. The zero-order valence-electron chi connectivity index (χ0n) is 11.1. The van der Waals surface area contributed by atoms with E-state index < -0.39 is 0 Å². The Bertz CT molecular complexity index is 372. The molecule has 0 bridgehead atoms. The van der Waals surface area contributed by atoms with Gasteiger partial charge in [-0.2, -0.15) is 5.10 Å². The van der Waals surface area contributed by atoms with Crippen LogP contribution >= 0.6 is 15.9 Å². The van der Waals surface area contributed by atoms with Crippen LogP contribution in [0.15, 0.2) is 4.47 Å². The predicted molar refractivity (Wildman–Crippen MR) is 72.8 cm³/mol. The summed E-state index contributed by atoms with van der Waals surface area (Å²) in [4.78, 5) is 0. The zero-order chi connectivity index (χ0) is 13.1. The van der Waals surface area contributed by atoms with Gasteiger partial charge in [0.15, 0.2) is 0 Å². The zero-order valence-corrected chi connectivity index (χ0v) is 12.7. The highest BCUT2D eigenvalue weighted by atomic mass is 79.9. The monoisotopic (exact) mass is 303 g/mol. The first-order chi connectivity index (χ1) is 7.93. The fourth-order valence-corrected chi connectivity index (χ4v) is 2.09. The molecule has 1 heterocycles. The SMILES string of the molecule is CCC(N)(CC)COCc1c(Br)c(C)nn1C. The van der Waals surface area contributed by atoms with Crippen molar-refractivity contribution in [2.75, 3.05) is 6.61 Å². The first kappa shape index (κ1) is 14.7. The van der Waals surface area contributed by atoms with Crippen LogP contribution in [-0.2, 0) is 18.4 Å². The normalized spacial score (nSPS) is 12.1. The maximum atomic E-state index is 6.18. The Morgan fingerprint density at radius 1 is 1.41 bits per heavy atom. The highest BCUT2D eigenvalue weighted by Crippen LogP contribution is 2.21. The van der Waals surface area contributed by atoms with Gasteiger partial charge in [-0.05, 0) is 35.7 Å². The number of aryl methyl sites for hydroxylation is 2. The number of halogens is 1. The number of hydrogen-bond donors (Lipinski definition) is 1. The quantitative estimate of drug-likeness (QED) is 0.878. The molecule has 0 spiro atoms. The first-order valence-corrected chi connectivity index (χ1v) is 6.77. The van der Waals surface area contributed by atoms with Crippen molar-refractivity contribution >= 4 is 15.9 Å². The van der Waals surface area contributed by atoms with Crippen molar-refractivity contribution in [3.63, 3.8) is 0 Å². The minimum atomic E-state index is -0.208. The summed E-state index contributed by atoms with van der Waals surface area (Å²) in [5, 5.41) is 4.32. The van der Waals surface area contributed by atoms with Crippen molar-refractivity contribution in [2.24, 2.45) is 12.8 Å². The van der Waals surface area contributed by atoms with E-state index in [1.165, 1.54) is 0 Å². The van der Waals surface area contributed by atoms with Gasteiger partial charge in [-0.3, -0.25) is 4.68 Å². The summed E-state index contributed by atoms with van der Waals surface area (Å²) in [7, 11) is 1.92. The molecule has 4 nitrogen and oxygen atoms in total. The molecule has 0 aliphatic carbocycles. The molecular formula is C12H22BrN3O. The number of ether oxygens (including phenoxy) is 1. The molecule has 0 fully saturated rings. The average molecular weight is 304 g/mol. The number of rotatable bonds is 6. The van der Waals surface area contributed by atoms with Crippen LogP contribution < -0.4 is 5.73 Å². The number of nitrogens with zero attached hydrogens (tertiary/aromatic N) is 2. The highest BCUT2D eigenvalue weighted by Gasteiger charge is 2.21. The van der Waals surface area contributed by atoms with Crippen molar-refractivity contribution in [1.82, 2.24) is 9.78 Å². The number of nitrogens with two attached hydrogens (primary N) is 1. The molecule has 0 radical (unpaired) electrons. The maximum Gasteiger partial charge on any atom is 0.0897 e. The Morgan fingerprint density at radius 3 is 2.41 bits per heavy atom. The van der Waals surface area contributed by atoms with Crippen LogP contribution in [0, 0.1) is 6.92 Å². The van der Waals surface area contributed by atoms with Crippen LogP contribution in [-0.4, -0.2) is 21.9 Å². The number of hydrogen-bond acceptors (Lipinski definition) is 3. The van der Waals surface area contributed by atoms with Gasteiger partial charge in [0, 0.05) is 12.6 Å². The molecule has 0 aliphatic rings. The lowest BCUT2D eigenvalue weighted by molar-refractivity contribution is 0.0657. The molecule has 17 heavy (non-hydrogen) atoms. The second-order valence-electron chi connectivity index (χ2n) is 4.53. The van der Waals surface area contributed by atoms with Gasteiger partial charge >= 0.3 is 0 Å². The summed E-state index contributed by atoms with van der Waals surface area (Å²) >= 11 is 3.52. The van der Waals surface area contributed by atoms with E-state index >= 15 is 0 Å². The standard InChI is InChI=1S/C12H22BrN3O/c1-5-12(14,6-2)8-17-7-10-11(13)9(3)15-16(10)4/h5-8,14H2,1-4H3. The topological polar surface area (TPSA) is 53.1 Å². The third-order valence-corrected chi connectivity index (χ3v) is 4.33. The van der Waals surface area contributed by atoms with E-state index in [1.54, 1.807) is 0 Å². The molecule has 0 aromatic carbocycles. The summed E-state index contributed by atoms with van der Waals surface area (Å²) in [5.41, 5.74) is 8.01. The Morgan fingerprint density at radius 2 is 2.00 bits per heavy atom. The second-order valence-corrected chi connectivity index (χ2v) is 5.32. The third kappa shape index (κ3) is 3.53. The van der Waals surface area contributed by atoms with Crippen molar-refractivity contribution in [3.05, 3.63) is 15.9 Å². The van der Waals surface area contributed by atoms with E-state index in [-0.39, 0.29) is 5.54 Å². The van der Waals surface area contributed by atoms with Gasteiger partial charge in [-0.1, -0.05) is 13.8 Å². The Labute approximate surface area is 112 Å². The lowest BCUT2D eigenvalue weighted by Gasteiger charge is -2.26. The Balaban J connectivity index is 2.57. The Hall–Kier alpha value is -0.390. The molecule has 0 saturated heterocycles. The van der Waals surface area contributed by atoms with E-state index in [9.17, 15) is 0 Å². The molecule has 0 aliphatic heterocycles. The molecule has 2 N–H and O–H groups in total. The highest BCUT2D eigenvalue weighted by molar-refractivity contribution is 9.10. The van der Waals surface area contributed by atoms with E-state index in [4.69, 9.17) is 10.5 Å². The van der Waals surface area contributed by atoms with Crippen LogP contribution in [0.4, 0.5) is 0 Å². The maximum absolute atomic E-state index is 6.18. The summed E-state index contributed by atoms with van der Waals surface area (Å²) in [6.07, 6.45) is 1.85. The molecule has 98 valence electrons. The minimum Gasteiger partial charge on any atom is -0.373 e. The van der Waals surface area contributed by atoms with Gasteiger partial charge in [0.25, 0.3) is 0 Å². The fraction of sp³-hybridized carbons (Fsp3) is 0.750. The second kappa shape index (κ2) is 5.98. The number of aromatic nitrogens is 2. The van der Waals surface area contributed by atoms with Crippen LogP contribution in [0.3, 0.4) is 0 Å². The van der Waals surface area contributed by atoms with E-state index in [2.05, 4.69) is 34.9 Å². The van der Waals surface area contributed by atoms with Gasteiger partial charge in [-0.25, -0.2) is 0 Å². The molecule has 1 aromatic heterocycles. The lowest BCUT2D eigenvalue weighted by Crippen LogP contribution is -2.43. The minimum absolute atomic E-state index is 0.208. The van der Waals surface area contributed by atoms with Crippen LogP contribution in [0.25, 0.3) is 0 Å². The van der Waals surface area contributed by atoms with Crippen LogP contribution in [0.5, 0.6) is 0 Å². The summed E-state index contributed by atoms with van der Waals surface area (Å²) in [5.74, 6) is 0. The largest absolute Gasteiger partial charge is 0.373 e. The van der Waals surface area contributed by atoms with Gasteiger partial charge in [-0.15, -0.1) is 0 Å². The molecule has 5 heteroatoms. The van der Waals surface area contributed by atoms with Gasteiger partial charge in [0.1, 0.15) is 0 Å². The summed E-state index contributed by atoms with van der Waals surface area (Å²) in [6.45, 7) is 7.28. The summed E-state index contributed by atoms with van der Waals surface area (Å²) in [6, 6.07) is 0. The van der Waals surface area contributed by atoms with Gasteiger partial charge in [0.2, 0.25) is 0 Å². The van der Waals surface area contributed by atoms with Crippen molar-refractivity contribution in [2.45, 2.75) is 45.8 Å². The van der Waals surface area contributed by atoms with E-state index in [0.717, 1.165) is 28.7 Å². The van der Waals surface area contributed by atoms with E-state index in [0.29, 0.717) is 13.2 Å². The average Bonchev–Trinajstić information content (AvgIpc) is 2.55. The molecule has 0 unspecified atom stereocenters. The molecule has 0 saturated carbocycles. The molecule has 0 amide bonds. The molecule has 1 rings (SSSR count). The smallest absolute Gasteiger partial charge is 0.0897 e. The van der Waals surface area contributed by atoms with Crippen molar-refractivity contribution < 1.29 is 4.74 Å². The van der Waals surface area contributed by atoms with Gasteiger partial charge < -0.3 is 10.5 Å². The van der Waals surface area contributed by atoms with Crippen molar-refractivity contribution in [3.8, 4) is 0 Å². The molecule has 1 aromatic rings. The third-order valence-electron chi connectivity index (χ3n) is 3.30.